The Morgan fingerprint density at radius 3 is 2.52 bits per heavy atom. The van der Waals surface area contributed by atoms with E-state index in [0.29, 0.717) is 6.42 Å². The van der Waals surface area contributed by atoms with Crippen molar-refractivity contribution in [3.8, 4) is 0 Å². The highest BCUT2D eigenvalue weighted by molar-refractivity contribution is 7.89. The number of nitro groups is 1. The number of aliphatic carboxylic acids is 1. The fourth-order valence-corrected chi connectivity index (χ4v) is 3.27. The van der Waals surface area contributed by atoms with Crippen LogP contribution in [0.15, 0.2) is 23.1 Å². The summed E-state index contributed by atoms with van der Waals surface area (Å²) in [5.41, 5.74) is -0.0490. The van der Waals surface area contributed by atoms with Gasteiger partial charge in [-0.25, -0.2) is 8.42 Å². The number of carbonyl (C=O) groups is 1. The third-order valence-corrected chi connectivity index (χ3v) is 4.46. The quantitative estimate of drug-likeness (QED) is 0.579. The van der Waals surface area contributed by atoms with Crippen LogP contribution in [0.2, 0.25) is 0 Å². The van der Waals surface area contributed by atoms with Crippen molar-refractivity contribution in [2.75, 3.05) is 0 Å². The second-order valence-electron chi connectivity index (χ2n) is 4.51. The van der Waals surface area contributed by atoms with Crippen LogP contribution in [0, 0.1) is 17.0 Å². The van der Waals surface area contributed by atoms with E-state index in [4.69, 9.17) is 5.11 Å². The second kappa shape index (κ2) is 6.64. The molecule has 0 saturated carbocycles. The van der Waals surface area contributed by atoms with Gasteiger partial charge in [0, 0.05) is 12.1 Å². The largest absolute Gasteiger partial charge is 0.480 e. The number of nitrogens with one attached hydrogen (secondary N) is 1. The van der Waals surface area contributed by atoms with Gasteiger partial charge in [-0.15, -0.1) is 0 Å². The van der Waals surface area contributed by atoms with Gasteiger partial charge in [0.15, 0.2) is 0 Å². The number of rotatable bonds is 7. The van der Waals surface area contributed by atoms with Crippen molar-refractivity contribution in [2.24, 2.45) is 0 Å². The first-order valence-corrected chi connectivity index (χ1v) is 7.67. The average molecular weight is 316 g/mol. The van der Waals surface area contributed by atoms with Gasteiger partial charge in [-0.3, -0.25) is 14.9 Å². The number of sulfonamides is 1. The maximum atomic E-state index is 12.2. The Labute approximate surface area is 122 Å². The number of hydrogen-bond acceptors (Lipinski definition) is 5. The summed E-state index contributed by atoms with van der Waals surface area (Å²) >= 11 is 0. The number of non-ortho nitro benzene ring substituents is 1. The zero-order valence-corrected chi connectivity index (χ0v) is 12.4. The van der Waals surface area contributed by atoms with Crippen molar-refractivity contribution in [3.05, 3.63) is 33.9 Å². The molecule has 0 aliphatic carbocycles. The Hall–Kier alpha value is -2.00. The molecule has 0 aliphatic rings. The topological polar surface area (TPSA) is 127 Å². The Balaban J connectivity index is 3.13. The molecule has 0 unspecified atom stereocenters. The predicted molar refractivity (Wildman–Crippen MR) is 74.5 cm³/mol. The summed E-state index contributed by atoms with van der Waals surface area (Å²) < 4.78 is 26.5. The normalized spacial score (nSPS) is 12.9. The Morgan fingerprint density at radius 1 is 1.48 bits per heavy atom. The van der Waals surface area contributed by atoms with Crippen molar-refractivity contribution in [1.29, 1.82) is 0 Å². The molecule has 1 atom stereocenters. The van der Waals surface area contributed by atoms with Crippen LogP contribution < -0.4 is 4.72 Å². The van der Waals surface area contributed by atoms with E-state index in [9.17, 15) is 23.3 Å². The van der Waals surface area contributed by atoms with Gasteiger partial charge in [-0.05, 0) is 25.0 Å². The summed E-state index contributed by atoms with van der Waals surface area (Å²) in [6.07, 6.45) is 0.652. The Kier molecular flexibility index (Phi) is 5.39. The third-order valence-electron chi connectivity index (χ3n) is 2.83. The number of nitrogens with zero attached hydrogens (tertiary/aromatic N) is 1. The van der Waals surface area contributed by atoms with E-state index in [1.165, 1.54) is 6.92 Å². The molecule has 0 aromatic heterocycles. The smallest absolute Gasteiger partial charge is 0.321 e. The molecular formula is C12H16N2O6S. The van der Waals surface area contributed by atoms with Crippen molar-refractivity contribution >= 4 is 21.7 Å². The highest BCUT2D eigenvalue weighted by atomic mass is 32.2. The number of aryl methyl sites for hydroxylation is 1. The number of carboxylic acid groups (broad SMARTS) is 1. The van der Waals surface area contributed by atoms with Crippen LogP contribution in [-0.2, 0) is 14.8 Å². The van der Waals surface area contributed by atoms with Crippen LogP contribution in [0.25, 0.3) is 0 Å². The van der Waals surface area contributed by atoms with E-state index >= 15 is 0 Å². The van der Waals surface area contributed by atoms with Crippen LogP contribution in [0.5, 0.6) is 0 Å². The summed E-state index contributed by atoms with van der Waals surface area (Å²) in [6.45, 7) is 3.15. The zero-order chi connectivity index (χ0) is 16.2. The molecule has 116 valence electrons. The molecule has 0 spiro atoms. The molecule has 1 aromatic rings. The standard InChI is InChI=1S/C12H16N2O6S/c1-3-4-10(12(15)16)13-21(19,20)11-6-5-9(14(17)18)7-8(11)2/h5-7,10,13H,3-4H2,1-2H3,(H,15,16)/t10-/m0/s1. The van der Waals surface area contributed by atoms with Crippen LogP contribution in [0.3, 0.4) is 0 Å². The monoisotopic (exact) mass is 316 g/mol. The lowest BCUT2D eigenvalue weighted by Gasteiger charge is -2.15. The molecule has 0 radical (unpaired) electrons. The lowest BCUT2D eigenvalue weighted by atomic mass is 10.2. The summed E-state index contributed by atoms with van der Waals surface area (Å²) in [5, 5.41) is 19.6. The van der Waals surface area contributed by atoms with E-state index in [2.05, 4.69) is 4.72 Å². The molecule has 0 aliphatic heterocycles. The number of hydrogen-bond donors (Lipinski definition) is 2. The van der Waals surface area contributed by atoms with Crippen molar-refractivity contribution in [2.45, 2.75) is 37.6 Å². The molecule has 8 nitrogen and oxygen atoms in total. The van der Waals surface area contributed by atoms with E-state index in [1.807, 2.05) is 0 Å². The van der Waals surface area contributed by atoms with Crippen LogP contribution >= 0.6 is 0 Å². The number of carboxylic acids is 1. The minimum absolute atomic E-state index is 0.153. The molecule has 1 aromatic carbocycles. The molecular weight excluding hydrogens is 300 g/mol. The predicted octanol–water partition coefficient (Wildman–Crippen LogP) is 1.43. The lowest BCUT2D eigenvalue weighted by molar-refractivity contribution is -0.385. The molecule has 0 saturated heterocycles. The van der Waals surface area contributed by atoms with E-state index in [1.54, 1.807) is 6.92 Å². The maximum absolute atomic E-state index is 12.2. The first kappa shape index (κ1) is 17.1. The molecule has 21 heavy (non-hydrogen) atoms. The highest BCUT2D eigenvalue weighted by Crippen LogP contribution is 2.21. The molecule has 0 heterocycles. The third kappa shape index (κ3) is 4.23. The van der Waals surface area contributed by atoms with Gasteiger partial charge >= 0.3 is 5.97 Å². The van der Waals surface area contributed by atoms with Gasteiger partial charge < -0.3 is 5.11 Å². The Morgan fingerprint density at radius 2 is 2.10 bits per heavy atom. The Bertz CT molecular complexity index is 656. The maximum Gasteiger partial charge on any atom is 0.321 e. The summed E-state index contributed by atoms with van der Waals surface area (Å²) in [5.74, 6) is -1.26. The van der Waals surface area contributed by atoms with E-state index in [-0.39, 0.29) is 22.6 Å². The fraction of sp³-hybridized carbons (Fsp3) is 0.417. The lowest BCUT2D eigenvalue weighted by Crippen LogP contribution is -2.40. The SMILES string of the molecule is CCC[C@H](NS(=O)(=O)c1ccc([N+](=O)[O-])cc1C)C(=O)O. The van der Waals surface area contributed by atoms with E-state index < -0.39 is 27.0 Å². The highest BCUT2D eigenvalue weighted by Gasteiger charge is 2.26. The van der Waals surface area contributed by atoms with Gasteiger partial charge in [-0.1, -0.05) is 13.3 Å². The average Bonchev–Trinajstić information content (AvgIpc) is 2.37. The van der Waals surface area contributed by atoms with E-state index in [0.717, 1.165) is 18.2 Å². The van der Waals surface area contributed by atoms with Gasteiger partial charge in [0.25, 0.3) is 5.69 Å². The number of benzene rings is 1. The summed E-state index contributed by atoms with van der Waals surface area (Å²) in [4.78, 5) is 20.8. The minimum Gasteiger partial charge on any atom is -0.480 e. The van der Waals surface area contributed by atoms with Crippen LogP contribution in [0.1, 0.15) is 25.3 Å². The summed E-state index contributed by atoms with van der Waals surface area (Å²) in [7, 11) is -4.05. The van der Waals surface area contributed by atoms with Crippen molar-refractivity contribution in [3.63, 3.8) is 0 Å². The zero-order valence-electron chi connectivity index (χ0n) is 11.6. The van der Waals surface area contributed by atoms with Gasteiger partial charge in [0.1, 0.15) is 6.04 Å². The molecule has 2 N–H and O–H groups in total. The molecule has 9 heteroatoms. The first-order chi connectivity index (χ1) is 9.69. The van der Waals surface area contributed by atoms with Gasteiger partial charge in [-0.2, -0.15) is 4.72 Å². The molecule has 0 amide bonds. The molecule has 0 bridgehead atoms. The first-order valence-electron chi connectivity index (χ1n) is 6.19. The van der Waals surface area contributed by atoms with Crippen LogP contribution in [0.4, 0.5) is 5.69 Å². The van der Waals surface area contributed by atoms with Crippen LogP contribution in [-0.4, -0.2) is 30.5 Å². The number of nitro benzene ring substituents is 1. The minimum atomic E-state index is -4.05. The second-order valence-corrected chi connectivity index (χ2v) is 6.19. The fourth-order valence-electron chi connectivity index (χ4n) is 1.82. The molecule has 0 fully saturated rings. The van der Waals surface area contributed by atoms with Crippen molar-refractivity contribution in [1.82, 2.24) is 4.72 Å². The van der Waals surface area contributed by atoms with Gasteiger partial charge in [0.05, 0.1) is 9.82 Å². The summed E-state index contributed by atoms with van der Waals surface area (Å²) in [6, 6.07) is 2.07. The molecule has 1 rings (SSSR count). The van der Waals surface area contributed by atoms with Crippen molar-refractivity contribution < 1.29 is 23.2 Å². The van der Waals surface area contributed by atoms with Gasteiger partial charge in [0.2, 0.25) is 10.0 Å².